The zero-order chi connectivity index (χ0) is 14.7. The minimum atomic E-state index is 0.424. The molecule has 0 aliphatic heterocycles. The van der Waals surface area contributed by atoms with E-state index in [-0.39, 0.29) is 0 Å². The van der Waals surface area contributed by atoms with Gasteiger partial charge in [0.2, 0.25) is 0 Å². The van der Waals surface area contributed by atoms with Crippen molar-refractivity contribution in [2.24, 2.45) is 0 Å². The summed E-state index contributed by atoms with van der Waals surface area (Å²) in [6.45, 7) is 0.424. The molecule has 0 saturated carbocycles. The van der Waals surface area contributed by atoms with Crippen molar-refractivity contribution in [1.82, 2.24) is 9.97 Å². The van der Waals surface area contributed by atoms with E-state index in [1.165, 1.54) is 0 Å². The summed E-state index contributed by atoms with van der Waals surface area (Å²) in [6.07, 6.45) is 0. The van der Waals surface area contributed by atoms with E-state index >= 15 is 0 Å². The zero-order valence-corrected chi connectivity index (χ0v) is 13.9. The molecule has 5 nitrogen and oxygen atoms in total. The van der Waals surface area contributed by atoms with Gasteiger partial charge in [0.25, 0.3) is 0 Å². The van der Waals surface area contributed by atoms with Gasteiger partial charge in [-0.15, -0.1) is 0 Å². The summed E-state index contributed by atoms with van der Waals surface area (Å²) < 4.78 is 5.99. The number of nitrogens with zero attached hydrogens (tertiary/aromatic N) is 3. The molecular formula is C14H17IN4O. The summed E-state index contributed by atoms with van der Waals surface area (Å²) in [5, 5.41) is 0. The molecule has 0 saturated heterocycles. The van der Waals surface area contributed by atoms with Crippen LogP contribution in [0, 0.1) is 3.57 Å². The average Bonchev–Trinajstić information content (AvgIpc) is 2.44. The number of aromatic nitrogens is 2. The van der Waals surface area contributed by atoms with Crippen LogP contribution in [0.5, 0.6) is 0 Å². The number of nitrogens with two attached hydrogens (primary N) is 1. The summed E-state index contributed by atoms with van der Waals surface area (Å²) >= 11 is 2.14. The first-order chi connectivity index (χ1) is 9.52. The monoisotopic (exact) mass is 384 g/mol. The molecule has 1 heterocycles. The van der Waals surface area contributed by atoms with E-state index in [2.05, 4.69) is 32.6 Å². The van der Waals surface area contributed by atoms with Crippen molar-refractivity contribution >= 4 is 34.1 Å². The summed E-state index contributed by atoms with van der Waals surface area (Å²) in [5.74, 6) is 1.11. The minimum absolute atomic E-state index is 0.424. The number of benzene rings is 1. The number of hydrogen-bond donors (Lipinski definition) is 1. The molecule has 0 aliphatic carbocycles. The maximum Gasteiger partial charge on any atom is 0.161 e. The first-order valence-corrected chi connectivity index (χ1v) is 7.19. The predicted octanol–water partition coefficient (Wildman–Crippen LogP) is 2.54. The summed E-state index contributed by atoms with van der Waals surface area (Å²) in [7, 11) is 5.65. The van der Waals surface area contributed by atoms with Crippen molar-refractivity contribution in [3.63, 3.8) is 0 Å². The van der Waals surface area contributed by atoms with Crippen LogP contribution in [-0.2, 0) is 11.3 Å². The lowest BCUT2D eigenvalue weighted by atomic mass is 10.2. The maximum absolute atomic E-state index is 5.94. The molecule has 106 valence electrons. The van der Waals surface area contributed by atoms with Crippen LogP contribution in [0.3, 0.4) is 0 Å². The Labute approximate surface area is 132 Å². The first-order valence-electron chi connectivity index (χ1n) is 6.11. The standard InChI is InChI=1S/C14H17IN4O/c1-19(2)10-6-4-9(5-7-10)14-17-11(8-20-3)12(15)13(16)18-14/h4-7H,8H2,1-3H3,(H2,16,17,18). The van der Waals surface area contributed by atoms with Gasteiger partial charge in [0.1, 0.15) is 5.82 Å². The Balaban J connectivity index is 2.41. The van der Waals surface area contributed by atoms with E-state index in [0.717, 1.165) is 20.5 Å². The Bertz CT molecular complexity index is 599. The Kier molecular flexibility index (Phi) is 4.77. The molecule has 0 fully saturated rings. The lowest BCUT2D eigenvalue weighted by Gasteiger charge is -2.13. The highest BCUT2D eigenvalue weighted by molar-refractivity contribution is 14.1. The zero-order valence-electron chi connectivity index (χ0n) is 11.7. The number of nitrogen functional groups attached to an aromatic ring is 1. The second kappa shape index (κ2) is 6.36. The normalized spacial score (nSPS) is 10.6. The number of rotatable bonds is 4. The smallest absolute Gasteiger partial charge is 0.161 e. The second-order valence-corrected chi connectivity index (χ2v) is 5.65. The number of anilines is 2. The van der Waals surface area contributed by atoms with Crippen molar-refractivity contribution in [2.75, 3.05) is 31.8 Å². The fourth-order valence-corrected chi connectivity index (χ4v) is 2.18. The Morgan fingerprint density at radius 2 is 1.85 bits per heavy atom. The average molecular weight is 384 g/mol. The first kappa shape index (κ1) is 15.0. The second-order valence-electron chi connectivity index (χ2n) is 4.57. The van der Waals surface area contributed by atoms with Gasteiger partial charge in [-0.3, -0.25) is 0 Å². The molecule has 2 aromatic rings. The predicted molar refractivity (Wildman–Crippen MR) is 89.6 cm³/mol. The molecule has 2 rings (SSSR count). The van der Waals surface area contributed by atoms with Crippen molar-refractivity contribution in [3.05, 3.63) is 33.5 Å². The van der Waals surface area contributed by atoms with Crippen LogP contribution in [-0.4, -0.2) is 31.2 Å². The summed E-state index contributed by atoms with van der Waals surface area (Å²) in [6, 6.07) is 8.05. The number of methoxy groups -OCH3 is 1. The van der Waals surface area contributed by atoms with Gasteiger partial charge in [0.05, 0.1) is 15.9 Å². The minimum Gasteiger partial charge on any atom is -0.383 e. The molecule has 1 aromatic heterocycles. The summed E-state index contributed by atoms with van der Waals surface area (Å²) in [4.78, 5) is 10.9. The van der Waals surface area contributed by atoms with E-state index < -0.39 is 0 Å². The quantitative estimate of drug-likeness (QED) is 0.821. The molecule has 0 spiro atoms. The van der Waals surface area contributed by atoms with Crippen LogP contribution in [0.15, 0.2) is 24.3 Å². The van der Waals surface area contributed by atoms with Gasteiger partial charge in [0, 0.05) is 32.5 Å². The third-order valence-corrected chi connectivity index (χ3v) is 4.04. The molecule has 0 aliphatic rings. The molecule has 0 radical (unpaired) electrons. The van der Waals surface area contributed by atoms with Crippen molar-refractivity contribution < 1.29 is 4.74 Å². The van der Waals surface area contributed by atoms with Crippen LogP contribution in [0.2, 0.25) is 0 Å². The van der Waals surface area contributed by atoms with Crippen molar-refractivity contribution in [2.45, 2.75) is 6.61 Å². The summed E-state index contributed by atoms with van der Waals surface area (Å²) in [5.41, 5.74) is 8.83. The van der Waals surface area contributed by atoms with Gasteiger partial charge in [-0.1, -0.05) is 0 Å². The lowest BCUT2D eigenvalue weighted by molar-refractivity contribution is 0.181. The van der Waals surface area contributed by atoms with Crippen LogP contribution in [0.1, 0.15) is 5.69 Å². The van der Waals surface area contributed by atoms with Gasteiger partial charge in [-0.25, -0.2) is 9.97 Å². The van der Waals surface area contributed by atoms with Crippen molar-refractivity contribution in [3.8, 4) is 11.4 Å². The topological polar surface area (TPSA) is 64.3 Å². The van der Waals surface area contributed by atoms with Gasteiger partial charge >= 0.3 is 0 Å². The molecule has 0 amide bonds. The van der Waals surface area contributed by atoms with Gasteiger partial charge < -0.3 is 15.4 Å². The molecule has 6 heteroatoms. The van der Waals surface area contributed by atoms with E-state index in [4.69, 9.17) is 10.5 Å². The fourth-order valence-electron chi connectivity index (χ4n) is 1.78. The van der Waals surface area contributed by atoms with Crippen molar-refractivity contribution in [1.29, 1.82) is 0 Å². The molecule has 20 heavy (non-hydrogen) atoms. The van der Waals surface area contributed by atoms with Crippen LogP contribution in [0.4, 0.5) is 11.5 Å². The van der Waals surface area contributed by atoms with Gasteiger partial charge in [-0.05, 0) is 46.9 Å². The molecule has 1 aromatic carbocycles. The van der Waals surface area contributed by atoms with Crippen LogP contribution >= 0.6 is 22.6 Å². The largest absolute Gasteiger partial charge is 0.383 e. The molecule has 2 N–H and O–H groups in total. The Morgan fingerprint density at radius 1 is 1.20 bits per heavy atom. The van der Waals surface area contributed by atoms with Gasteiger partial charge in [-0.2, -0.15) is 0 Å². The number of hydrogen-bond acceptors (Lipinski definition) is 5. The Morgan fingerprint density at radius 3 is 2.40 bits per heavy atom. The van der Waals surface area contributed by atoms with E-state index in [1.807, 2.05) is 43.3 Å². The molecule has 0 unspecified atom stereocenters. The maximum atomic E-state index is 5.94. The van der Waals surface area contributed by atoms with Crippen LogP contribution in [0.25, 0.3) is 11.4 Å². The van der Waals surface area contributed by atoms with E-state index in [9.17, 15) is 0 Å². The highest BCUT2D eigenvalue weighted by atomic mass is 127. The molecule has 0 bridgehead atoms. The molecule has 0 atom stereocenters. The Hall–Kier alpha value is -1.41. The third kappa shape index (κ3) is 3.18. The van der Waals surface area contributed by atoms with E-state index in [0.29, 0.717) is 18.2 Å². The van der Waals surface area contributed by atoms with E-state index in [1.54, 1.807) is 7.11 Å². The van der Waals surface area contributed by atoms with Crippen LogP contribution < -0.4 is 10.6 Å². The molecular weight excluding hydrogens is 367 g/mol. The highest BCUT2D eigenvalue weighted by Gasteiger charge is 2.11. The highest BCUT2D eigenvalue weighted by Crippen LogP contribution is 2.24. The van der Waals surface area contributed by atoms with Gasteiger partial charge in [0.15, 0.2) is 5.82 Å². The number of halogens is 1. The lowest BCUT2D eigenvalue weighted by Crippen LogP contribution is -2.08. The fraction of sp³-hybridized carbons (Fsp3) is 0.286. The third-order valence-electron chi connectivity index (χ3n) is 2.87. The SMILES string of the molecule is COCc1nc(-c2ccc(N(C)C)cc2)nc(N)c1I. The number of ether oxygens (including phenoxy) is 1.